The van der Waals surface area contributed by atoms with E-state index in [1.54, 1.807) is 11.0 Å². The molecule has 0 bridgehead atoms. The standard InChI is InChI=1S/C17H20F5N3O.2ClH/c18-16(19)9-14(23-11-16)15(26)25-6-4-24(5-7-25)10-12-2-1-3-13(8-12)17(20,21)22;;/h1-3,8,14,23H,4-7,9-11H2;2*1H. The number of alkyl halides is 5. The van der Waals surface area contributed by atoms with E-state index in [9.17, 15) is 26.7 Å². The van der Waals surface area contributed by atoms with Crippen molar-refractivity contribution >= 4 is 30.7 Å². The van der Waals surface area contributed by atoms with Gasteiger partial charge in [-0.25, -0.2) is 8.78 Å². The van der Waals surface area contributed by atoms with E-state index in [2.05, 4.69) is 5.32 Å². The molecular formula is C17H22Cl2F5N3O. The topological polar surface area (TPSA) is 35.6 Å². The van der Waals surface area contributed by atoms with Gasteiger partial charge in [0.2, 0.25) is 5.91 Å². The number of amides is 1. The summed E-state index contributed by atoms with van der Waals surface area (Å²) in [5.41, 5.74) is -0.131. The Labute approximate surface area is 172 Å². The molecule has 0 spiro atoms. The van der Waals surface area contributed by atoms with Crippen LogP contribution >= 0.6 is 24.8 Å². The summed E-state index contributed by atoms with van der Waals surface area (Å²) in [4.78, 5) is 15.8. The van der Waals surface area contributed by atoms with E-state index < -0.39 is 36.7 Å². The summed E-state index contributed by atoms with van der Waals surface area (Å²) in [7, 11) is 0. The number of carbonyl (C=O) groups is 1. The first-order chi connectivity index (χ1) is 12.1. The van der Waals surface area contributed by atoms with Gasteiger partial charge in [0.15, 0.2) is 0 Å². The molecule has 3 rings (SSSR count). The van der Waals surface area contributed by atoms with Crippen LogP contribution in [-0.2, 0) is 17.5 Å². The highest BCUT2D eigenvalue weighted by Gasteiger charge is 2.43. The second-order valence-corrected chi connectivity index (χ2v) is 6.79. The summed E-state index contributed by atoms with van der Waals surface area (Å²) in [6.45, 7) is 1.60. The van der Waals surface area contributed by atoms with E-state index in [0.717, 1.165) is 12.1 Å². The lowest BCUT2D eigenvalue weighted by Crippen LogP contribution is -2.52. The van der Waals surface area contributed by atoms with Crippen LogP contribution in [0.5, 0.6) is 0 Å². The fourth-order valence-corrected chi connectivity index (χ4v) is 3.34. The fraction of sp³-hybridized carbons (Fsp3) is 0.588. The molecule has 2 saturated heterocycles. The molecule has 0 saturated carbocycles. The molecule has 0 aromatic heterocycles. The molecule has 1 atom stereocenters. The summed E-state index contributed by atoms with van der Waals surface area (Å²) in [5, 5.41) is 2.55. The Morgan fingerprint density at radius 1 is 1.14 bits per heavy atom. The lowest BCUT2D eigenvalue weighted by molar-refractivity contribution is -0.138. The minimum Gasteiger partial charge on any atom is -0.339 e. The molecule has 2 aliphatic rings. The molecule has 2 aliphatic heterocycles. The van der Waals surface area contributed by atoms with Gasteiger partial charge in [-0.15, -0.1) is 24.8 Å². The number of hydrogen-bond donors (Lipinski definition) is 1. The second-order valence-electron chi connectivity index (χ2n) is 6.79. The smallest absolute Gasteiger partial charge is 0.339 e. The fourth-order valence-electron chi connectivity index (χ4n) is 3.34. The van der Waals surface area contributed by atoms with Crippen molar-refractivity contribution in [2.75, 3.05) is 32.7 Å². The summed E-state index contributed by atoms with van der Waals surface area (Å²) < 4.78 is 64.8. The van der Waals surface area contributed by atoms with Crippen molar-refractivity contribution in [1.29, 1.82) is 0 Å². The maximum Gasteiger partial charge on any atom is 0.416 e. The largest absolute Gasteiger partial charge is 0.416 e. The molecular weight excluding hydrogens is 428 g/mol. The van der Waals surface area contributed by atoms with Crippen molar-refractivity contribution in [3.63, 3.8) is 0 Å². The van der Waals surface area contributed by atoms with Crippen molar-refractivity contribution in [2.24, 2.45) is 0 Å². The third kappa shape index (κ3) is 6.17. The van der Waals surface area contributed by atoms with E-state index in [1.165, 1.54) is 6.07 Å². The van der Waals surface area contributed by atoms with Gasteiger partial charge in [-0.2, -0.15) is 13.2 Å². The summed E-state index contributed by atoms with van der Waals surface area (Å²) >= 11 is 0. The van der Waals surface area contributed by atoms with Crippen molar-refractivity contribution in [1.82, 2.24) is 15.1 Å². The Morgan fingerprint density at radius 2 is 1.79 bits per heavy atom. The average Bonchev–Trinajstić information content (AvgIpc) is 2.94. The van der Waals surface area contributed by atoms with Crippen molar-refractivity contribution in [2.45, 2.75) is 31.1 Å². The number of piperazine rings is 1. The molecule has 11 heteroatoms. The lowest BCUT2D eigenvalue weighted by atomic mass is 10.1. The highest BCUT2D eigenvalue weighted by atomic mass is 35.5. The molecule has 0 radical (unpaired) electrons. The van der Waals surface area contributed by atoms with Gasteiger partial charge < -0.3 is 4.90 Å². The van der Waals surface area contributed by atoms with Crippen molar-refractivity contribution in [3.8, 4) is 0 Å². The van der Waals surface area contributed by atoms with Gasteiger partial charge >= 0.3 is 6.18 Å². The zero-order valence-corrected chi connectivity index (χ0v) is 16.5. The van der Waals surface area contributed by atoms with Crippen LogP contribution in [-0.4, -0.2) is 60.4 Å². The number of hydrogen-bond acceptors (Lipinski definition) is 3. The minimum atomic E-state index is -4.38. The lowest BCUT2D eigenvalue weighted by Gasteiger charge is -2.36. The zero-order chi connectivity index (χ0) is 18.9. The Bertz CT molecular complexity index is 666. The Balaban J connectivity index is 0.00000196. The third-order valence-electron chi connectivity index (χ3n) is 4.75. The molecule has 160 valence electrons. The Morgan fingerprint density at radius 3 is 2.32 bits per heavy atom. The van der Waals surface area contributed by atoms with Crippen LogP contribution in [0.25, 0.3) is 0 Å². The maximum absolute atomic E-state index is 13.2. The molecule has 1 aromatic carbocycles. The predicted molar refractivity (Wildman–Crippen MR) is 99.2 cm³/mol. The molecule has 28 heavy (non-hydrogen) atoms. The zero-order valence-electron chi connectivity index (χ0n) is 14.8. The Hall–Kier alpha value is -1.16. The van der Waals surface area contributed by atoms with Gasteiger partial charge in [-0.3, -0.25) is 15.0 Å². The normalized spacial score (nSPS) is 22.3. The van der Waals surface area contributed by atoms with Crippen LogP contribution in [0.2, 0.25) is 0 Å². The van der Waals surface area contributed by atoms with E-state index >= 15 is 0 Å². The van der Waals surface area contributed by atoms with Crippen molar-refractivity contribution in [3.05, 3.63) is 35.4 Å². The van der Waals surface area contributed by atoms with Crippen LogP contribution in [0.15, 0.2) is 24.3 Å². The van der Waals surface area contributed by atoms with Crippen LogP contribution in [0.4, 0.5) is 22.0 Å². The number of benzene rings is 1. The van der Waals surface area contributed by atoms with Gasteiger partial charge in [0, 0.05) is 39.1 Å². The first kappa shape index (κ1) is 24.9. The quantitative estimate of drug-likeness (QED) is 0.719. The third-order valence-corrected chi connectivity index (χ3v) is 4.75. The number of nitrogens with zero attached hydrogens (tertiary/aromatic N) is 2. The van der Waals surface area contributed by atoms with Gasteiger partial charge in [0.1, 0.15) is 0 Å². The first-order valence-corrected chi connectivity index (χ1v) is 8.42. The molecule has 2 heterocycles. The summed E-state index contributed by atoms with van der Waals surface area (Å²) in [6, 6.07) is 4.31. The van der Waals surface area contributed by atoms with Crippen LogP contribution in [0.3, 0.4) is 0 Å². The van der Waals surface area contributed by atoms with E-state index in [0.29, 0.717) is 38.3 Å². The van der Waals surface area contributed by atoms with E-state index in [1.807, 2.05) is 4.90 Å². The summed E-state index contributed by atoms with van der Waals surface area (Å²) in [6.07, 6.45) is -4.87. The second kappa shape index (κ2) is 9.56. The molecule has 1 N–H and O–H groups in total. The monoisotopic (exact) mass is 449 g/mol. The number of rotatable bonds is 3. The number of halogens is 7. The molecule has 0 aliphatic carbocycles. The molecule has 2 fully saturated rings. The van der Waals surface area contributed by atoms with E-state index in [4.69, 9.17) is 0 Å². The molecule has 1 aromatic rings. The highest BCUT2D eigenvalue weighted by Crippen LogP contribution is 2.30. The Kier molecular flexibility index (Phi) is 8.49. The van der Waals surface area contributed by atoms with Gasteiger partial charge in [-0.05, 0) is 11.6 Å². The minimum absolute atomic E-state index is 0. The number of carbonyl (C=O) groups excluding carboxylic acids is 1. The van der Waals surface area contributed by atoms with Crippen molar-refractivity contribution < 1.29 is 26.7 Å². The molecule has 1 amide bonds. The van der Waals surface area contributed by atoms with E-state index in [-0.39, 0.29) is 30.7 Å². The van der Waals surface area contributed by atoms with Gasteiger partial charge in [0.25, 0.3) is 5.92 Å². The van der Waals surface area contributed by atoms with Gasteiger partial charge in [-0.1, -0.05) is 18.2 Å². The maximum atomic E-state index is 13.2. The summed E-state index contributed by atoms with van der Waals surface area (Å²) in [5.74, 6) is -3.19. The van der Waals surface area contributed by atoms with Crippen LogP contribution in [0, 0.1) is 0 Å². The van der Waals surface area contributed by atoms with Gasteiger partial charge in [0.05, 0.1) is 18.2 Å². The predicted octanol–water partition coefficient (Wildman–Crippen LogP) is 3.19. The number of nitrogens with one attached hydrogen (secondary N) is 1. The average molecular weight is 450 g/mol. The SMILES string of the molecule is Cl.Cl.O=C(C1CC(F)(F)CN1)N1CCN(Cc2cccc(C(F)(F)F)c2)CC1. The van der Waals surface area contributed by atoms with Crippen LogP contribution < -0.4 is 5.32 Å². The van der Waals surface area contributed by atoms with Crippen LogP contribution in [0.1, 0.15) is 17.5 Å². The molecule has 1 unspecified atom stereocenters. The highest BCUT2D eigenvalue weighted by molar-refractivity contribution is 5.85. The molecule has 4 nitrogen and oxygen atoms in total. The first-order valence-electron chi connectivity index (χ1n) is 8.42.